The molecule has 1 unspecified atom stereocenters. The molecule has 1 aromatic heterocycles. The van der Waals surface area contributed by atoms with E-state index in [1.807, 2.05) is 0 Å². The first-order valence-corrected chi connectivity index (χ1v) is 5.98. The van der Waals surface area contributed by atoms with Gasteiger partial charge in [-0.25, -0.2) is 13.8 Å². The van der Waals surface area contributed by atoms with Crippen molar-refractivity contribution in [3.8, 4) is 0 Å². The summed E-state index contributed by atoms with van der Waals surface area (Å²) in [5.74, 6) is -2.90. The van der Waals surface area contributed by atoms with E-state index < -0.39 is 11.8 Å². The minimum Gasteiger partial charge on any atom is -0.350 e. The van der Waals surface area contributed by atoms with E-state index in [0.717, 1.165) is 0 Å². The minimum atomic E-state index is -2.68. The zero-order chi connectivity index (χ0) is 12.6. The van der Waals surface area contributed by atoms with Crippen molar-refractivity contribution in [1.29, 1.82) is 0 Å². The van der Waals surface area contributed by atoms with Crippen LogP contribution >= 0.6 is 15.9 Å². The molecule has 0 radical (unpaired) electrons. The van der Waals surface area contributed by atoms with Crippen LogP contribution in [0.15, 0.2) is 16.7 Å². The van der Waals surface area contributed by atoms with Crippen LogP contribution in [0, 0.1) is 5.92 Å². The summed E-state index contributed by atoms with van der Waals surface area (Å²) < 4.78 is 27.1. The number of nitrogens with zero attached hydrogens (tertiary/aromatic N) is 2. The lowest BCUT2D eigenvalue weighted by Gasteiger charge is -2.17. The smallest absolute Gasteiger partial charge is 0.269 e. The zero-order valence-corrected chi connectivity index (χ0v) is 10.7. The number of carbonyl (C=O) groups is 1. The van der Waals surface area contributed by atoms with Crippen LogP contribution in [0.5, 0.6) is 0 Å². The Morgan fingerprint density at radius 3 is 2.76 bits per heavy atom. The summed E-state index contributed by atoms with van der Waals surface area (Å²) in [4.78, 5) is 16.2. The first-order chi connectivity index (χ1) is 7.94. The number of hydrogen-bond donors (Lipinski definition) is 0. The molecule has 2 rings (SSSR count). The fraction of sp³-hybridized carbons (Fsp3) is 0.455. The molecule has 2 heterocycles. The molecule has 1 aliphatic rings. The Bertz CT molecular complexity index is 453. The van der Waals surface area contributed by atoms with Crippen molar-refractivity contribution in [3.05, 3.63) is 22.3 Å². The van der Waals surface area contributed by atoms with Crippen molar-refractivity contribution in [3.63, 3.8) is 0 Å². The molecule has 1 aliphatic heterocycles. The lowest BCUT2D eigenvalue weighted by Crippen LogP contribution is -2.27. The van der Waals surface area contributed by atoms with Gasteiger partial charge in [0.25, 0.3) is 5.92 Å². The number of hydrogen-bond acceptors (Lipinski definition) is 3. The second-order valence-corrected chi connectivity index (χ2v) is 4.96. The van der Waals surface area contributed by atoms with E-state index in [1.54, 1.807) is 12.1 Å². The van der Waals surface area contributed by atoms with Crippen molar-refractivity contribution in [1.82, 2.24) is 4.98 Å². The molecule has 0 saturated carbocycles. The third-order valence-electron chi connectivity index (χ3n) is 2.93. The molecular formula is C11H11BrF2N2O. The van der Waals surface area contributed by atoms with Gasteiger partial charge in [-0.1, -0.05) is 6.92 Å². The number of alkyl halides is 2. The Kier molecular flexibility index (Phi) is 3.16. The Morgan fingerprint density at radius 1 is 1.59 bits per heavy atom. The topological polar surface area (TPSA) is 33.2 Å². The summed E-state index contributed by atoms with van der Waals surface area (Å²) in [6.45, 7) is 1.47. The number of rotatable bonds is 2. The number of pyridine rings is 1. The Labute approximate surface area is 106 Å². The van der Waals surface area contributed by atoms with Gasteiger partial charge in [0.15, 0.2) is 6.29 Å². The molecule has 17 heavy (non-hydrogen) atoms. The monoisotopic (exact) mass is 304 g/mol. The second-order valence-electron chi connectivity index (χ2n) is 4.21. The van der Waals surface area contributed by atoms with Crippen molar-refractivity contribution in [2.75, 3.05) is 18.0 Å². The number of halogens is 3. The largest absolute Gasteiger partial charge is 0.350 e. The molecule has 0 aliphatic carbocycles. The van der Waals surface area contributed by atoms with Crippen LogP contribution < -0.4 is 4.90 Å². The molecule has 1 aromatic rings. The van der Waals surface area contributed by atoms with E-state index in [2.05, 4.69) is 20.9 Å². The third-order valence-corrected chi connectivity index (χ3v) is 3.57. The molecule has 1 fully saturated rings. The predicted molar refractivity (Wildman–Crippen MR) is 63.6 cm³/mol. The van der Waals surface area contributed by atoms with Gasteiger partial charge in [-0.15, -0.1) is 0 Å². The molecule has 92 valence electrons. The van der Waals surface area contributed by atoms with Crippen molar-refractivity contribution in [2.24, 2.45) is 5.92 Å². The van der Waals surface area contributed by atoms with Gasteiger partial charge in [0.2, 0.25) is 0 Å². The van der Waals surface area contributed by atoms with Gasteiger partial charge in [0.05, 0.1) is 6.54 Å². The average Bonchev–Trinajstić information content (AvgIpc) is 2.53. The van der Waals surface area contributed by atoms with Gasteiger partial charge >= 0.3 is 0 Å². The molecule has 1 saturated heterocycles. The van der Waals surface area contributed by atoms with Crippen molar-refractivity contribution >= 4 is 28.0 Å². The fourth-order valence-corrected chi connectivity index (χ4v) is 2.22. The molecule has 0 aromatic carbocycles. The first-order valence-electron chi connectivity index (χ1n) is 5.18. The predicted octanol–water partition coefficient (Wildman–Crippen LogP) is 2.75. The van der Waals surface area contributed by atoms with E-state index >= 15 is 0 Å². The highest BCUT2D eigenvalue weighted by Crippen LogP contribution is 2.35. The van der Waals surface area contributed by atoms with Gasteiger partial charge in [0, 0.05) is 18.0 Å². The van der Waals surface area contributed by atoms with E-state index in [9.17, 15) is 13.6 Å². The lowest BCUT2D eigenvalue weighted by molar-refractivity contribution is -0.0138. The summed E-state index contributed by atoms with van der Waals surface area (Å²) in [5, 5.41) is 0. The van der Waals surface area contributed by atoms with E-state index in [1.165, 1.54) is 11.8 Å². The van der Waals surface area contributed by atoms with Crippen LogP contribution in [0.2, 0.25) is 0 Å². The first kappa shape index (κ1) is 12.4. The number of carbonyl (C=O) groups excluding carboxylic acids is 1. The molecule has 0 bridgehead atoms. The number of aromatic nitrogens is 1. The van der Waals surface area contributed by atoms with Crippen LogP contribution in [0.3, 0.4) is 0 Å². The zero-order valence-electron chi connectivity index (χ0n) is 9.16. The average molecular weight is 305 g/mol. The summed E-state index contributed by atoms with van der Waals surface area (Å²) >= 11 is 3.14. The highest BCUT2D eigenvalue weighted by molar-refractivity contribution is 9.10. The summed E-state index contributed by atoms with van der Waals surface area (Å²) in [5.41, 5.74) is 0.410. The molecule has 3 nitrogen and oxygen atoms in total. The van der Waals surface area contributed by atoms with Gasteiger partial charge in [-0.2, -0.15) is 0 Å². The fourth-order valence-electron chi connectivity index (χ4n) is 1.81. The third kappa shape index (κ3) is 2.31. The molecular weight excluding hydrogens is 294 g/mol. The minimum absolute atomic E-state index is 0.271. The lowest BCUT2D eigenvalue weighted by atomic mass is 10.1. The van der Waals surface area contributed by atoms with Gasteiger partial charge in [-0.3, -0.25) is 4.79 Å². The van der Waals surface area contributed by atoms with E-state index in [0.29, 0.717) is 22.3 Å². The maximum Gasteiger partial charge on any atom is 0.269 e. The van der Waals surface area contributed by atoms with E-state index in [4.69, 9.17) is 0 Å². The van der Waals surface area contributed by atoms with E-state index in [-0.39, 0.29) is 13.1 Å². The Balaban J connectivity index is 2.25. The summed E-state index contributed by atoms with van der Waals surface area (Å²) in [7, 11) is 0. The van der Waals surface area contributed by atoms with Crippen LogP contribution in [0.25, 0.3) is 0 Å². The molecule has 0 spiro atoms. The van der Waals surface area contributed by atoms with Crippen LogP contribution in [-0.4, -0.2) is 30.3 Å². The normalized spacial score (nSPS) is 22.8. The van der Waals surface area contributed by atoms with Crippen molar-refractivity contribution in [2.45, 2.75) is 12.8 Å². The molecule has 0 amide bonds. The van der Waals surface area contributed by atoms with Gasteiger partial charge < -0.3 is 4.90 Å². The second kappa shape index (κ2) is 4.33. The van der Waals surface area contributed by atoms with Gasteiger partial charge in [-0.05, 0) is 28.1 Å². The Hall–Kier alpha value is -1.04. The highest BCUT2D eigenvalue weighted by Gasteiger charge is 2.45. The quantitative estimate of drug-likeness (QED) is 0.622. The maximum atomic E-state index is 13.4. The number of anilines is 1. The molecule has 6 heteroatoms. The number of aldehydes is 1. The van der Waals surface area contributed by atoms with Gasteiger partial charge in [0.1, 0.15) is 10.4 Å². The Morgan fingerprint density at radius 2 is 2.29 bits per heavy atom. The van der Waals surface area contributed by atoms with Crippen LogP contribution in [-0.2, 0) is 0 Å². The summed E-state index contributed by atoms with van der Waals surface area (Å²) in [6, 6.07) is 3.16. The van der Waals surface area contributed by atoms with Crippen molar-refractivity contribution < 1.29 is 13.6 Å². The SMILES string of the molecule is CC1CN(c2ccc(C=O)c(Br)n2)CC1(F)F. The standard InChI is InChI=1S/C11H11BrF2N2O/c1-7-4-16(6-11(7,13)14)9-3-2-8(5-17)10(12)15-9/h2-3,5,7H,4,6H2,1H3. The van der Waals surface area contributed by atoms with Crippen LogP contribution in [0.1, 0.15) is 17.3 Å². The highest BCUT2D eigenvalue weighted by atomic mass is 79.9. The maximum absolute atomic E-state index is 13.4. The summed E-state index contributed by atoms with van der Waals surface area (Å²) in [6.07, 6.45) is 0.669. The molecule has 1 atom stereocenters. The molecule has 0 N–H and O–H groups in total. The van der Waals surface area contributed by atoms with Crippen LogP contribution in [0.4, 0.5) is 14.6 Å².